The van der Waals surface area contributed by atoms with Crippen molar-refractivity contribution in [3.8, 4) is 11.5 Å². The van der Waals surface area contributed by atoms with Gasteiger partial charge in [0.05, 0.1) is 23.3 Å². The van der Waals surface area contributed by atoms with Crippen LogP contribution in [0.4, 0.5) is 18.9 Å². The normalized spacial score (nSPS) is 14.4. The maximum atomic E-state index is 13.1. The molecule has 2 amide bonds. The highest BCUT2D eigenvalue weighted by atomic mass is 32.2. The first kappa shape index (κ1) is 31.1. The Bertz CT molecular complexity index is 1460. The highest BCUT2D eigenvalue weighted by molar-refractivity contribution is 8.26. The number of unbranched alkanes of at least 4 members (excludes halogenated alkanes) is 2. The predicted octanol–water partition coefficient (Wildman–Crippen LogP) is 7.69. The van der Waals surface area contributed by atoms with Crippen LogP contribution in [-0.4, -0.2) is 34.7 Å². The van der Waals surface area contributed by atoms with Gasteiger partial charge in [0.15, 0.2) is 11.5 Å². The Hall–Kier alpha value is -3.83. The van der Waals surface area contributed by atoms with Crippen LogP contribution in [0.3, 0.4) is 0 Å². The average Bonchev–Trinajstić information content (AvgIpc) is 3.23. The number of benzene rings is 3. The molecule has 3 aromatic rings. The van der Waals surface area contributed by atoms with Gasteiger partial charge >= 0.3 is 6.18 Å². The first-order valence-corrected chi connectivity index (χ1v) is 14.4. The topological polar surface area (TPSA) is 67.9 Å². The van der Waals surface area contributed by atoms with Crippen LogP contribution in [-0.2, 0) is 22.4 Å². The SMILES string of the molecule is COc1cc(/C=C2\SC(=S)N(CCCCCC(=O)Nc3ccccc3C(F)(F)F)C2=O)ccc1OCc1ccccc1. The molecule has 1 fully saturated rings. The van der Waals surface area contributed by atoms with Gasteiger partial charge in [0, 0.05) is 13.0 Å². The van der Waals surface area contributed by atoms with E-state index < -0.39 is 17.6 Å². The zero-order valence-electron chi connectivity index (χ0n) is 22.8. The number of carbonyl (C=O) groups excluding carboxylic acids is 2. The van der Waals surface area contributed by atoms with Crippen LogP contribution in [0.25, 0.3) is 6.08 Å². The number of nitrogens with zero attached hydrogens (tertiary/aromatic N) is 1. The van der Waals surface area contributed by atoms with E-state index in [4.69, 9.17) is 21.7 Å². The third kappa shape index (κ3) is 8.36. The first-order chi connectivity index (χ1) is 20.2. The Morgan fingerprint density at radius 1 is 1.00 bits per heavy atom. The highest BCUT2D eigenvalue weighted by Gasteiger charge is 2.34. The van der Waals surface area contributed by atoms with Crippen LogP contribution < -0.4 is 14.8 Å². The molecule has 0 atom stereocenters. The number of anilines is 1. The number of thiocarbonyl (C=S) groups is 1. The third-order valence-corrected chi connectivity index (χ3v) is 7.77. The molecule has 0 radical (unpaired) electrons. The fourth-order valence-electron chi connectivity index (χ4n) is 4.26. The number of ether oxygens (including phenoxy) is 2. The molecule has 0 aliphatic carbocycles. The van der Waals surface area contributed by atoms with Gasteiger partial charge in [0.1, 0.15) is 10.9 Å². The van der Waals surface area contributed by atoms with Crippen molar-refractivity contribution in [1.82, 2.24) is 4.90 Å². The molecule has 0 spiro atoms. The number of para-hydroxylation sites is 1. The minimum atomic E-state index is -4.55. The lowest BCUT2D eigenvalue weighted by molar-refractivity contribution is -0.137. The Balaban J connectivity index is 1.26. The van der Waals surface area contributed by atoms with E-state index >= 15 is 0 Å². The summed E-state index contributed by atoms with van der Waals surface area (Å²) in [7, 11) is 1.55. The predicted molar refractivity (Wildman–Crippen MR) is 162 cm³/mol. The van der Waals surface area contributed by atoms with Gasteiger partial charge in [-0.1, -0.05) is 78.9 Å². The van der Waals surface area contributed by atoms with E-state index in [0.29, 0.717) is 53.1 Å². The van der Waals surface area contributed by atoms with E-state index in [-0.39, 0.29) is 18.0 Å². The number of hydrogen-bond acceptors (Lipinski definition) is 6. The van der Waals surface area contributed by atoms with Gasteiger partial charge in [-0.05, 0) is 54.3 Å². The second-order valence-corrected chi connectivity index (χ2v) is 11.1. The molecule has 0 bridgehead atoms. The Labute approximate surface area is 251 Å². The maximum Gasteiger partial charge on any atom is 0.418 e. The molecule has 11 heteroatoms. The first-order valence-electron chi connectivity index (χ1n) is 13.2. The van der Waals surface area contributed by atoms with E-state index in [1.807, 2.05) is 36.4 Å². The number of nitrogens with one attached hydrogen (secondary N) is 1. The molecule has 0 unspecified atom stereocenters. The molecule has 1 saturated heterocycles. The molecule has 1 N–H and O–H groups in total. The van der Waals surface area contributed by atoms with Gasteiger partial charge in [-0.25, -0.2) is 0 Å². The van der Waals surface area contributed by atoms with E-state index in [0.717, 1.165) is 17.2 Å². The molecule has 4 rings (SSSR count). The largest absolute Gasteiger partial charge is 0.493 e. The molecule has 0 saturated carbocycles. The van der Waals surface area contributed by atoms with Crippen LogP contribution in [0, 0.1) is 0 Å². The van der Waals surface area contributed by atoms with Crippen molar-refractivity contribution in [2.75, 3.05) is 19.0 Å². The number of rotatable bonds is 12. The number of thioether (sulfide) groups is 1. The molecule has 3 aromatic carbocycles. The van der Waals surface area contributed by atoms with Crippen molar-refractivity contribution in [2.45, 2.75) is 38.5 Å². The second kappa shape index (κ2) is 14.4. The minimum absolute atomic E-state index is 0.0668. The van der Waals surface area contributed by atoms with Crippen molar-refractivity contribution in [3.05, 3.63) is 94.4 Å². The minimum Gasteiger partial charge on any atom is -0.493 e. The molecule has 42 heavy (non-hydrogen) atoms. The Morgan fingerprint density at radius 2 is 1.74 bits per heavy atom. The van der Waals surface area contributed by atoms with E-state index in [1.165, 1.54) is 34.9 Å². The lowest BCUT2D eigenvalue weighted by Crippen LogP contribution is -2.29. The monoisotopic (exact) mass is 614 g/mol. The van der Waals surface area contributed by atoms with Crippen LogP contribution in [0.5, 0.6) is 11.5 Å². The number of alkyl halides is 3. The van der Waals surface area contributed by atoms with Gasteiger partial charge in [-0.2, -0.15) is 13.2 Å². The van der Waals surface area contributed by atoms with E-state index in [9.17, 15) is 22.8 Å². The summed E-state index contributed by atoms with van der Waals surface area (Å²) in [5.74, 6) is 0.437. The third-order valence-electron chi connectivity index (χ3n) is 6.39. The fourth-order valence-corrected chi connectivity index (χ4v) is 5.57. The summed E-state index contributed by atoms with van der Waals surface area (Å²) in [4.78, 5) is 27.3. The van der Waals surface area contributed by atoms with Crippen molar-refractivity contribution in [1.29, 1.82) is 0 Å². The van der Waals surface area contributed by atoms with Crippen molar-refractivity contribution in [2.24, 2.45) is 0 Å². The van der Waals surface area contributed by atoms with Crippen LogP contribution in [0.15, 0.2) is 77.7 Å². The highest BCUT2D eigenvalue weighted by Crippen LogP contribution is 2.36. The summed E-state index contributed by atoms with van der Waals surface area (Å²) in [5.41, 5.74) is 0.651. The molecule has 220 valence electrons. The maximum absolute atomic E-state index is 13.1. The van der Waals surface area contributed by atoms with Crippen LogP contribution in [0.2, 0.25) is 0 Å². The number of carbonyl (C=O) groups is 2. The zero-order chi connectivity index (χ0) is 30.1. The second-order valence-electron chi connectivity index (χ2n) is 9.42. The molecule has 1 aliphatic rings. The summed E-state index contributed by atoms with van der Waals surface area (Å²) >= 11 is 6.64. The Kier molecular flexibility index (Phi) is 10.6. The number of methoxy groups -OCH3 is 1. The van der Waals surface area contributed by atoms with Crippen LogP contribution >= 0.6 is 24.0 Å². The van der Waals surface area contributed by atoms with E-state index in [1.54, 1.807) is 25.3 Å². The van der Waals surface area contributed by atoms with E-state index in [2.05, 4.69) is 5.32 Å². The molecular weight excluding hydrogens is 585 g/mol. The molecule has 6 nitrogen and oxygen atoms in total. The average molecular weight is 615 g/mol. The Morgan fingerprint density at radius 3 is 2.48 bits per heavy atom. The molecule has 1 heterocycles. The lowest BCUT2D eigenvalue weighted by Gasteiger charge is -2.15. The summed E-state index contributed by atoms with van der Waals surface area (Å²) in [5, 5.41) is 2.35. The van der Waals surface area contributed by atoms with Crippen molar-refractivity contribution < 1.29 is 32.2 Å². The zero-order valence-corrected chi connectivity index (χ0v) is 24.4. The van der Waals surface area contributed by atoms with Gasteiger partial charge < -0.3 is 14.8 Å². The van der Waals surface area contributed by atoms with Gasteiger partial charge in [0.2, 0.25) is 5.91 Å². The van der Waals surface area contributed by atoms with Crippen molar-refractivity contribution >= 4 is 51.9 Å². The molecular formula is C31H29F3N2O4S2. The quantitative estimate of drug-likeness (QED) is 0.128. The number of amides is 2. The van der Waals surface area contributed by atoms with Gasteiger partial charge in [-0.15, -0.1) is 0 Å². The lowest BCUT2D eigenvalue weighted by atomic mass is 10.1. The summed E-state index contributed by atoms with van der Waals surface area (Å²) in [6.45, 7) is 0.780. The number of hydrogen-bond donors (Lipinski definition) is 1. The summed E-state index contributed by atoms with van der Waals surface area (Å²) in [6, 6.07) is 20.1. The molecule has 0 aromatic heterocycles. The van der Waals surface area contributed by atoms with Crippen LogP contribution in [0.1, 0.15) is 42.4 Å². The standard InChI is InChI=1S/C31H29F3N2O4S2/c1-39-26-18-22(15-16-25(26)40-20-21-10-4-2-5-11-21)19-27-29(38)36(30(41)42-27)17-9-3-6-14-28(37)35-24-13-8-7-12-23(24)31(32,33)34/h2,4-5,7-8,10-13,15-16,18-19H,3,6,9,14,17,20H2,1H3,(H,35,37)/b27-19-. The number of halogens is 3. The van der Waals surface area contributed by atoms with Crippen molar-refractivity contribution in [3.63, 3.8) is 0 Å². The summed E-state index contributed by atoms with van der Waals surface area (Å²) in [6.07, 6.45) is -1.08. The summed E-state index contributed by atoms with van der Waals surface area (Å²) < 4.78 is 51.2. The van der Waals surface area contributed by atoms with Gasteiger partial charge in [-0.3, -0.25) is 14.5 Å². The smallest absolute Gasteiger partial charge is 0.418 e. The van der Waals surface area contributed by atoms with Gasteiger partial charge in [0.25, 0.3) is 5.91 Å². The fraction of sp³-hybridized carbons (Fsp3) is 0.258. The molecule has 1 aliphatic heterocycles.